The fourth-order valence-corrected chi connectivity index (χ4v) is 1.77. The molecule has 1 rings (SSSR count). The maximum atomic E-state index is 3.26. The molecular weight excluding hydrogens is 120 g/mol. The molecular formula is C10H16. The molecule has 0 heterocycles. The van der Waals surface area contributed by atoms with Crippen molar-refractivity contribution < 1.29 is 0 Å². The summed E-state index contributed by atoms with van der Waals surface area (Å²) >= 11 is 0. The number of hydrogen-bond acceptors (Lipinski definition) is 0. The summed E-state index contributed by atoms with van der Waals surface area (Å²) in [6.45, 7) is 4.28. The van der Waals surface area contributed by atoms with Crippen molar-refractivity contribution in [2.45, 2.75) is 39.5 Å². The lowest BCUT2D eigenvalue weighted by molar-refractivity contribution is 0.333. The highest BCUT2D eigenvalue weighted by atomic mass is 14.2. The molecule has 0 aromatic carbocycles. The Balaban J connectivity index is 2.37. The van der Waals surface area contributed by atoms with Crippen LogP contribution in [0.3, 0.4) is 0 Å². The van der Waals surface area contributed by atoms with Gasteiger partial charge in [-0.25, -0.2) is 0 Å². The van der Waals surface area contributed by atoms with Crippen molar-refractivity contribution in [2.24, 2.45) is 11.8 Å². The molecule has 0 aromatic heterocycles. The van der Waals surface area contributed by atoms with Gasteiger partial charge in [0.1, 0.15) is 0 Å². The van der Waals surface area contributed by atoms with E-state index in [0.717, 1.165) is 5.92 Å². The van der Waals surface area contributed by atoms with Crippen LogP contribution in [0.2, 0.25) is 0 Å². The van der Waals surface area contributed by atoms with Gasteiger partial charge in [0.2, 0.25) is 0 Å². The summed E-state index contributed by atoms with van der Waals surface area (Å²) in [7, 11) is 0. The summed E-state index contributed by atoms with van der Waals surface area (Å²) in [4.78, 5) is 0. The number of hydrogen-bond donors (Lipinski definition) is 0. The van der Waals surface area contributed by atoms with E-state index in [-0.39, 0.29) is 0 Å². The molecule has 1 aliphatic carbocycles. The van der Waals surface area contributed by atoms with E-state index >= 15 is 0 Å². The molecule has 0 amide bonds. The molecule has 0 bridgehead atoms. The first-order chi connectivity index (χ1) is 4.83. The first kappa shape index (κ1) is 7.66. The third-order valence-electron chi connectivity index (χ3n) is 2.28. The van der Waals surface area contributed by atoms with Crippen LogP contribution in [-0.2, 0) is 0 Å². The van der Waals surface area contributed by atoms with Crippen molar-refractivity contribution in [1.29, 1.82) is 0 Å². The normalized spacial score (nSPS) is 32.6. The molecule has 0 N–H and O–H groups in total. The van der Waals surface area contributed by atoms with Crippen LogP contribution in [0.4, 0.5) is 0 Å². The monoisotopic (exact) mass is 136 g/mol. The molecule has 10 heavy (non-hydrogen) atoms. The topological polar surface area (TPSA) is 0 Å². The van der Waals surface area contributed by atoms with Gasteiger partial charge in [-0.3, -0.25) is 0 Å². The third-order valence-corrected chi connectivity index (χ3v) is 2.28. The second-order valence-corrected chi connectivity index (χ2v) is 3.36. The molecule has 1 fully saturated rings. The zero-order valence-corrected chi connectivity index (χ0v) is 6.98. The first-order valence-corrected chi connectivity index (χ1v) is 4.25. The molecule has 0 spiro atoms. The van der Waals surface area contributed by atoms with Crippen LogP contribution >= 0.6 is 0 Å². The molecule has 0 aromatic rings. The third kappa shape index (κ3) is 2.06. The summed E-state index contributed by atoms with van der Waals surface area (Å²) in [6.07, 6.45) is 5.48. The second kappa shape index (κ2) is 3.66. The average Bonchev–Trinajstić information content (AvgIpc) is 1.88. The van der Waals surface area contributed by atoms with E-state index in [1.54, 1.807) is 0 Å². The van der Waals surface area contributed by atoms with Crippen molar-refractivity contribution in [1.82, 2.24) is 0 Å². The molecule has 1 saturated carbocycles. The smallest absolute Gasteiger partial charge is 0.0205 e. The molecule has 0 nitrogen and oxygen atoms in total. The van der Waals surface area contributed by atoms with E-state index in [1.807, 2.05) is 6.92 Å². The lowest BCUT2D eigenvalue weighted by atomic mass is 9.83. The Morgan fingerprint density at radius 2 is 2.10 bits per heavy atom. The van der Waals surface area contributed by atoms with Crippen LogP contribution < -0.4 is 0 Å². The predicted molar refractivity (Wildman–Crippen MR) is 44.6 cm³/mol. The van der Waals surface area contributed by atoms with Crippen LogP contribution in [0.15, 0.2) is 0 Å². The van der Waals surface area contributed by atoms with Gasteiger partial charge in [-0.2, -0.15) is 0 Å². The minimum Gasteiger partial charge on any atom is -0.106 e. The van der Waals surface area contributed by atoms with Gasteiger partial charge < -0.3 is 0 Å². The van der Waals surface area contributed by atoms with E-state index < -0.39 is 0 Å². The standard InChI is InChI=1S/C10H16/c1-3-5-10-7-4-6-9(2)8-10/h9-10H,4,6-8H2,1-2H3. The zero-order valence-electron chi connectivity index (χ0n) is 6.98. The fraction of sp³-hybridized carbons (Fsp3) is 0.800. The van der Waals surface area contributed by atoms with Crippen LogP contribution in [0, 0.1) is 23.7 Å². The van der Waals surface area contributed by atoms with E-state index in [2.05, 4.69) is 18.8 Å². The molecule has 2 unspecified atom stereocenters. The SMILES string of the molecule is CC#CC1CCCC(C)C1. The highest BCUT2D eigenvalue weighted by Gasteiger charge is 2.16. The molecule has 56 valence electrons. The lowest BCUT2D eigenvalue weighted by Gasteiger charge is -2.22. The Hall–Kier alpha value is -0.440. The minimum atomic E-state index is 0.716. The summed E-state index contributed by atoms with van der Waals surface area (Å²) in [5.41, 5.74) is 0. The Labute approximate surface area is 64.0 Å². The largest absolute Gasteiger partial charge is 0.106 e. The van der Waals surface area contributed by atoms with Crippen LogP contribution in [-0.4, -0.2) is 0 Å². The second-order valence-electron chi connectivity index (χ2n) is 3.36. The molecule has 0 saturated heterocycles. The van der Waals surface area contributed by atoms with Gasteiger partial charge in [0.15, 0.2) is 0 Å². The minimum absolute atomic E-state index is 0.716. The Kier molecular flexibility index (Phi) is 2.81. The molecule has 0 aliphatic heterocycles. The Morgan fingerprint density at radius 1 is 1.30 bits per heavy atom. The van der Waals surface area contributed by atoms with Crippen molar-refractivity contribution >= 4 is 0 Å². The fourth-order valence-electron chi connectivity index (χ4n) is 1.77. The lowest BCUT2D eigenvalue weighted by Crippen LogP contribution is -2.11. The number of rotatable bonds is 0. The van der Waals surface area contributed by atoms with Gasteiger partial charge in [0, 0.05) is 5.92 Å². The summed E-state index contributed by atoms with van der Waals surface area (Å²) in [5, 5.41) is 0. The maximum absolute atomic E-state index is 3.26. The van der Waals surface area contributed by atoms with Crippen LogP contribution in [0.1, 0.15) is 39.5 Å². The van der Waals surface area contributed by atoms with Crippen molar-refractivity contribution in [3.63, 3.8) is 0 Å². The van der Waals surface area contributed by atoms with Gasteiger partial charge in [-0.1, -0.05) is 19.8 Å². The van der Waals surface area contributed by atoms with E-state index in [9.17, 15) is 0 Å². The van der Waals surface area contributed by atoms with Gasteiger partial charge in [0.05, 0.1) is 0 Å². The maximum Gasteiger partial charge on any atom is 0.0205 e. The van der Waals surface area contributed by atoms with Gasteiger partial charge in [-0.15, -0.1) is 11.8 Å². The van der Waals surface area contributed by atoms with Crippen LogP contribution in [0.25, 0.3) is 0 Å². The first-order valence-electron chi connectivity index (χ1n) is 4.25. The van der Waals surface area contributed by atoms with E-state index in [0.29, 0.717) is 5.92 Å². The summed E-state index contributed by atoms with van der Waals surface area (Å²) < 4.78 is 0. The highest BCUT2D eigenvalue weighted by molar-refractivity contribution is 5.02. The Bertz CT molecular complexity index is 147. The van der Waals surface area contributed by atoms with Crippen molar-refractivity contribution in [3.05, 3.63) is 0 Å². The average molecular weight is 136 g/mol. The Morgan fingerprint density at radius 3 is 2.70 bits per heavy atom. The molecule has 0 heteroatoms. The summed E-state index contributed by atoms with van der Waals surface area (Å²) in [6, 6.07) is 0. The predicted octanol–water partition coefficient (Wildman–Crippen LogP) is 2.84. The quantitative estimate of drug-likeness (QED) is 0.449. The molecule has 0 radical (unpaired) electrons. The van der Waals surface area contributed by atoms with Gasteiger partial charge in [0.25, 0.3) is 0 Å². The van der Waals surface area contributed by atoms with Gasteiger partial charge >= 0.3 is 0 Å². The van der Waals surface area contributed by atoms with E-state index in [1.165, 1.54) is 25.7 Å². The molecule has 1 aliphatic rings. The molecule has 2 atom stereocenters. The van der Waals surface area contributed by atoms with Crippen LogP contribution in [0.5, 0.6) is 0 Å². The zero-order chi connectivity index (χ0) is 7.40. The van der Waals surface area contributed by atoms with Crippen molar-refractivity contribution in [2.75, 3.05) is 0 Å². The van der Waals surface area contributed by atoms with Gasteiger partial charge in [-0.05, 0) is 25.7 Å². The summed E-state index contributed by atoms with van der Waals surface area (Å²) in [5.74, 6) is 7.91. The van der Waals surface area contributed by atoms with E-state index in [4.69, 9.17) is 0 Å². The van der Waals surface area contributed by atoms with Crippen molar-refractivity contribution in [3.8, 4) is 11.8 Å². The highest BCUT2D eigenvalue weighted by Crippen LogP contribution is 2.27.